The Morgan fingerprint density at radius 2 is 1.52 bits per heavy atom. The van der Waals surface area contributed by atoms with Crippen molar-refractivity contribution in [3.8, 4) is 0 Å². The molecule has 1 amide bonds. The summed E-state index contributed by atoms with van der Waals surface area (Å²) < 4.78 is 137. The molecule has 0 aliphatic carbocycles. The third-order valence-electron chi connectivity index (χ3n) is 5.38. The molecule has 0 fully saturated rings. The zero-order valence-electron chi connectivity index (χ0n) is 20.4. The van der Waals surface area contributed by atoms with Gasteiger partial charge in [-0.05, 0) is 42.0 Å². The number of anilines is 1. The van der Waals surface area contributed by atoms with E-state index >= 15 is 4.39 Å². The first-order valence-electron chi connectivity index (χ1n) is 10.9. The Labute approximate surface area is 244 Å². The molecule has 0 aliphatic rings. The van der Waals surface area contributed by atoms with E-state index in [1.54, 1.807) is 0 Å². The summed E-state index contributed by atoms with van der Waals surface area (Å²) in [6, 6.07) is 3.21. The standard InChI is InChI=1S/C24H13Cl3F10N4O/c1-41(21-38-5-4-18(39-21)24(35,36)37)40-20(42)12-3-2-10(6-14(12)23(32,33)34)17(28)9-13(22(29,30)31)11-7-15(25)19(27)16(26)8-11/h2-9,13H,1H3,(H,40,42). The summed E-state index contributed by atoms with van der Waals surface area (Å²) in [7, 11) is 0.935. The smallest absolute Gasteiger partial charge is 0.267 e. The minimum absolute atomic E-state index is 0.0100. The number of hydrogen-bond acceptors (Lipinski definition) is 4. The van der Waals surface area contributed by atoms with Crippen LogP contribution >= 0.6 is 34.8 Å². The second kappa shape index (κ2) is 12.1. The summed E-state index contributed by atoms with van der Waals surface area (Å²) in [5.41, 5.74) is -4.10. The Morgan fingerprint density at radius 1 is 0.929 bits per heavy atom. The van der Waals surface area contributed by atoms with Gasteiger partial charge in [-0.15, -0.1) is 0 Å². The highest BCUT2D eigenvalue weighted by molar-refractivity contribution is 6.48. The molecule has 0 bridgehead atoms. The van der Waals surface area contributed by atoms with Crippen molar-refractivity contribution in [2.24, 2.45) is 0 Å². The van der Waals surface area contributed by atoms with E-state index in [4.69, 9.17) is 34.8 Å². The second-order valence-corrected chi connectivity index (χ2v) is 9.52. The van der Waals surface area contributed by atoms with E-state index in [-0.39, 0.29) is 17.2 Å². The number of halogens is 13. The number of hydrogen-bond donors (Lipinski definition) is 1. The average molecular weight is 670 g/mol. The molecule has 0 aliphatic heterocycles. The number of carbonyl (C=O) groups excluding carboxylic acids is 1. The fourth-order valence-electron chi connectivity index (χ4n) is 3.43. The van der Waals surface area contributed by atoms with Crippen LogP contribution in [0.5, 0.6) is 0 Å². The summed E-state index contributed by atoms with van der Waals surface area (Å²) >= 11 is 17.3. The molecular formula is C24H13Cl3F10N4O. The van der Waals surface area contributed by atoms with Gasteiger partial charge in [0.2, 0.25) is 5.95 Å². The molecule has 0 spiro atoms. The molecule has 0 radical (unpaired) electrons. The van der Waals surface area contributed by atoms with Gasteiger partial charge in [0.1, 0.15) is 17.4 Å². The van der Waals surface area contributed by atoms with Crippen LogP contribution in [0.2, 0.25) is 15.1 Å². The van der Waals surface area contributed by atoms with Crippen molar-refractivity contribution in [3.63, 3.8) is 0 Å². The van der Waals surface area contributed by atoms with Crippen molar-refractivity contribution in [2.45, 2.75) is 24.4 Å². The Bertz CT molecular complexity index is 1500. The Balaban J connectivity index is 1.99. The predicted octanol–water partition coefficient (Wildman–Crippen LogP) is 8.91. The monoisotopic (exact) mass is 668 g/mol. The van der Waals surface area contributed by atoms with E-state index in [2.05, 4.69) is 9.97 Å². The molecule has 226 valence electrons. The molecular weight excluding hydrogens is 657 g/mol. The number of rotatable bonds is 6. The van der Waals surface area contributed by atoms with Crippen LogP contribution in [0.1, 0.15) is 38.7 Å². The lowest BCUT2D eigenvalue weighted by molar-refractivity contribution is -0.141. The number of amides is 1. The van der Waals surface area contributed by atoms with Crippen molar-refractivity contribution in [2.75, 3.05) is 12.1 Å². The zero-order chi connectivity index (χ0) is 31.8. The van der Waals surface area contributed by atoms with E-state index in [0.29, 0.717) is 29.4 Å². The predicted molar refractivity (Wildman–Crippen MR) is 134 cm³/mol. The molecule has 3 aromatic rings. The first-order valence-corrected chi connectivity index (χ1v) is 12.1. The molecule has 1 aromatic heterocycles. The minimum atomic E-state index is -5.32. The lowest BCUT2D eigenvalue weighted by atomic mass is 9.95. The maximum atomic E-state index is 15.0. The van der Waals surface area contributed by atoms with Gasteiger partial charge in [-0.2, -0.15) is 39.5 Å². The number of benzene rings is 2. The summed E-state index contributed by atoms with van der Waals surface area (Å²) in [6.07, 6.45) is -14.7. The van der Waals surface area contributed by atoms with Gasteiger partial charge >= 0.3 is 18.5 Å². The molecule has 3 rings (SSSR count). The van der Waals surface area contributed by atoms with Crippen molar-refractivity contribution < 1.29 is 48.7 Å². The summed E-state index contributed by atoms with van der Waals surface area (Å²) in [6.45, 7) is 0. The summed E-state index contributed by atoms with van der Waals surface area (Å²) in [5.74, 6) is -6.73. The van der Waals surface area contributed by atoms with Crippen molar-refractivity contribution in [1.29, 1.82) is 0 Å². The maximum absolute atomic E-state index is 15.0. The van der Waals surface area contributed by atoms with Gasteiger partial charge in [-0.1, -0.05) is 40.9 Å². The normalized spacial score (nSPS) is 13.6. The summed E-state index contributed by atoms with van der Waals surface area (Å²) in [5, 5.41) is -0.557. The second-order valence-electron chi connectivity index (χ2n) is 8.33. The largest absolute Gasteiger partial charge is 0.433 e. The van der Waals surface area contributed by atoms with Gasteiger partial charge in [0.25, 0.3) is 5.91 Å². The van der Waals surface area contributed by atoms with Crippen LogP contribution in [0.4, 0.5) is 49.9 Å². The molecule has 1 heterocycles. The van der Waals surface area contributed by atoms with Gasteiger partial charge < -0.3 is 0 Å². The fourth-order valence-corrected chi connectivity index (χ4v) is 4.05. The van der Waals surface area contributed by atoms with Gasteiger partial charge in [-0.25, -0.2) is 14.4 Å². The van der Waals surface area contributed by atoms with Gasteiger partial charge in [0.15, 0.2) is 0 Å². The van der Waals surface area contributed by atoms with Gasteiger partial charge in [-0.3, -0.25) is 15.2 Å². The highest BCUT2D eigenvalue weighted by atomic mass is 35.5. The van der Waals surface area contributed by atoms with E-state index in [1.807, 2.05) is 5.43 Å². The number of nitrogens with one attached hydrogen (secondary N) is 1. The minimum Gasteiger partial charge on any atom is -0.267 e. The Kier molecular flexibility index (Phi) is 9.59. The van der Waals surface area contributed by atoms with E-state index in [0.717, 1.165) is 19.2 Å². The third-order valence-corrected chi connectivity index (χ3v) is 6.58. The number of carbonyl (C=O) groups is 1. The van der Waals surface area contributed by atoms with E-state index < -0.39 is 80.1 Å². The zero-order valence-corrected chi connectivity index (χ0v) is 22.6. The van der Waals surface area contributed by atoms with E-state index in [9.17, 15) is 44.3 Å². The van der Waals surface area contributed by atoms with Crippen LogP contribution in [0.25, 0.3) is 5.83 Å². The van der Waals surface area contributed by atoms with Gasteiger partial charge in [0, 0.05) is 18.8 Å². The number of aromatic nitrogens is 2. The Hall–Kier alpha value is -3.30. The molecule has 1 unspecified atom stereocenters. The number of nitrogens with zero attached hydrogens (tertiary/aromatic N) is 3. The van der Waals surface area contributed by atoms with E-state index in [1.165, 1.54) is 0 Å². The fraction of sp³-hybridized carbons (Fsp3) is 0.208. The van der Waals surface area contributed by atoms with Crippen molar-refractivity contribution in [1.82, 2.24) is 15.4 Å². The molecule has 5 nitrogen and oxygen atoms in total. The Morgan fingerprint density at radius 3 is 2.05 bits per heavy atom. The lowest BCUT2D eigenvalue weighted by Gasteiger charge is -2.21. The van der Waals surface area contributed by atoms with Crippen LogP contribution in [-0.2, 0) is 12.4 Å². The highest BCUT2D eigenvalue weighted by Crippen LogP contribution is 2.43. The number of hydrazine groups is 1. The molecule has 42 heavy (non-hydrogen) atoms. The maximum Gasteiger partial charge on any atom is 0.433 e. The van der Waals surface area contributed by atoms with Crippen molar-refractivity contribution >= 4 is 52.5 Å². The number of alkyl halides is 9. The summed E-state index contributed by atoms with van der Waals surface area (Å²) in [4.78, 5) is 19.3. The van der Waals surface area contributed by atoms with Crippen molar-refractivity contribution in [3.05, 3.63) is 91.7 Å². The highest BCUT2D eigenvalue weighted by Gasteiger charge is 2.41. The van der Waals surface area contributed by atoms with Gasteiger partial charge in [0.05, 0.1) is 26.2 Å². The van der Waals surface area contributed by atoms with Crippen LogP contribution in [0.3, 0.4) is 0 Å². The SMILES string of the molecule is CN(NC(=O)c1ccc(C(F)=CC(c2cc(Cl)c(Cl)c(Cl)c2)C(F)(F)F)cc1C(F)(F)F)c1nccc(C(F)(F)F)n1. The average Bonchev–Trinajstić information content (AvgIpc) is 2.88. The molecule has 1 N–H and O–H groups in total. The molecule has 18 heteroatoms. The lowest BCUT2D eigenvalue weighted by Crippen LogP contribution is -2.41. The quantitative estimate of drug-likeness (QED) is 0.162. The van der Waals surface area contributed by atoms with Crippen LogP contribution in [-0.4, -0.2) is 29.1 Å². The molecule has 1 atom stereocenters. The topological polar surface area (TPSA) is 58.1 Å². The molecule has 2 aromatic carbocycles. The first-order chi connectivity index (χ1) is 19.2. The molecule has 0 saturated heterocycles. The third kappa shape index (κ3) is 7.75. The first kappa shape index (κ1) is 33.2. The van der Waals surface area contributed by atoms with Crippen LogP contribution in [0.15, 0.2) is 48.7 Å². The van der Waals surface area contributed by atoms with Crippen LogP contribution in [0, 0.1) is 0 Å². The van der Waals surface area contributed by atoms with Crippen LogP contribution < -0.4 is 10.4 Å². The molecule has 0 saturated carbocycles. The number of allylic oxidation sites excluding steroid dienone is 1.